The van der Waals surface area contributed by atoms with Crippen LogP contribution < -0.4 is 0 Å². The lowest BCUT2D eigenvalue weighted by Gasteiger charge is -2.10. The zero-order valence-electron chi connectivity index (χ0n) is 8.27. The molecule has 84 valence electrons. The molecule has 1 aromatic carbocycles. The first-order valence-corrected chi connectivity index (χ1v) is 4.90. The molecule has 0 N–H and O–H groups in total. The molecule has 0 aliphatic carbocycles. The maximum atomic E-state index is 12.7. The fraction of sp³-hybridized carbons (Fsp3) is 0.182. The highest BCUT2D eigenvalue weighted by molar-refractivity contribution is 6.30. The third-order valence-corrected chi connectivity index (χ3v) is 2.43. The minimum Gasteiger partial charge on any atom is -0.236 e. The molecule has 0 fully saturated rings. The van der Waals surface area contributed by atoms with E-state index in [9.17, 15) is 13.2 Å². The highest BCUT2D eigenvalue weighted by atomic mass is 35.5. The van der Waals surface area contributed by atoms with Gasteiger partial charge in [-0.25, -0.2) is 4.98 Å². The van der Waals surface area contributed by atoms with Crippen molar-refractivity contribution >= 4 is 22.5 Å². The van der Waals surface area contributed by atoms with Gasteiger partial charge in [0.15, 0.2) is 0 Å². The van der Waals surface area contributed by atoms with E-state index in [1.54, 1.807) is 13.0 Å². The summed E-state index contributed by atoms with van der Waals surface area (Å²) in [6.45, 7) is 1.73. The highest BCUT2D eigenvalue weighted by Gasteiger charge is 2.33. The second-order valence-corrected chi connectivity index (χ2v) is 3.90. The van der Waals surface area contributed by atoms with E-state index in [0.29, 0.717) is 0 Å². The number of hydrogen-bond donors (Lipinski definition) is 0. The maximum Gasteiger partial charge on any atom is 0.417 e. The fourth-order valence-electron chi connectivity index (χ4n) is 1.54. The van der Waals surface area contributed by atoms with Crippen molar-refractivity contribution in [3.8, 4) is 0 Å². The summed E-state index contributed by atoms with van der Waals surface area (Å²) in [5.74, 6) is 0. The Balaban J connectivity index is 2.85. The molecule has 1 heterocycles. The van der Waals surface area contributed by atoms with E-state index >= 15 is 0 Å². The molecule has 16 heavy (non-hydrogen) atoms. The Morgan fingerprint density at radius 1 is 1.19 bits per heavy atom. The lowest BCUT2D eigenvalue weighted by Crippen LogP contribution is -2.06. The van der Waals surface area contributed by atoms with Crippen molar-refractivity contribution in [2.45, 2.75) is 13.1 Å². The van der Waals surface area contributed by atoms with Crippen molar-refractivity contribution in [3.63, 3.8) is 0 Å². The number of halogens is 4. The molecule has 0 amide bonds. The summed E-state index contributed by atoms with van der Waals surface area (Å²) in [4.78, 5) is 3.86. The van der Waals surface area contributed by atoms with Crippen molar-refractivity contribution in [2.75, 3.05) is 0 Å². The number of hydrogen-bond acceptors (Lipinski definition) is 1. The molecule has 1 aromatic heterocycles. The minimum absolute atomic E-state index is 0.0805. The van der Waals surface area contributed by atoms with E-state index in [2.05, 4.69) is 4.98 Å². The van der Waals surface area contributed by atoms with Crippen molar-refractivity contribution in [2.24, 2.45) is 0 Å². The molecule has 0 radical (unpaired) electrons. The minimum atomic E-state index is -4.42. The van der Waals surface area contributed by atoms with Gasteiger partial charge in [-0.3, -0.25) is 0 Å². The van der Waals surface area contributed by atoms with E-state index < -0.39 is 11.7 Å². The summed E-state index contributed by atoms with van der Waals surface area (Å²) >= 11 is 5.56. The molecule has 0 aliphatic rings. The summed E-state index contributed by atoms with van der Waals surface area (Å²) in [5, 5.41) is -0.0689. The summed E-state index contributed by atoms with van der Waals surface area (Å²) in [6.07, 6.45) is -4.42. The lowest BCUT2D eigenvalue weighted by molar-refractivity contribution is -0.136. The first-order chi connectivity index (χ1) is 7.38. The van der Waals surface area contributed by atoms with Crippen LogP contribution in [0.5, 0.6) is 0 Å². The fourth-order valence-corrected chi connectivity index (χ4v) is 1.74. The van der Waals surface area contributed by atoms with Crippen LogP contribution >= 0.6 is 11.6 Å². The quantitative estimate of drug-likeness (QED) is 0.634. The molecular formula is C11H7ClF3N. The van der Waals surface area contributed by atoms with Crippen LogP contribution in [-0.4, -0.2) is 4.98 Å². The standard InChI is InChI=1S/C11H7ClF3N/c1-6-2-3-9-7(4-6)8(11(13,14)15)5-10(12)16-9/h2-5H,1H3. The summed E-state index contributed by atoms with van der Waals surface area (Å²) < 4.78 is 38.2. The van der Waals surface area contributed by atoms with Crippen molar-refractivity contribution in [1.82, 2.24) is 4.98 Å². The Labute approximate surface area is 94.9 Å². The van der Waals surface area contributed by atoms with E-state index in [1.165, 1.54) is 12.1 Å². The van der Waals surface area contributed by atoms with Gasteiger partial charge in [0.1, 0.15) is 5.15 Å². The van der Waals surface area contributed by atoms with Gasteiger partial charge in [-0.05, 0) is 25.1 Å². The molecule has 2 rings (SSSR count). The highest BCUT2D eigenvalue weighted by Crippen LogP contribution is 2.35. The molecule has 1 nitrogen and oxygen atoms in total. The zero-order chi connectivity index (χ0) is 11.9. The van der Waals surface area contributed by atoms with Crippen LogP contribution in [0.4, 0.5) is 13.2 Å². The topological polar surface area (TPSA) is 12.9 Å². The van der Waals surface area contributed by atoms with E-state index in [0.717, 1.165) is 11.6 Å². The molecule has 0 bridgehead atoms. The Bertz CT molecular complexity index is 549. The number of aromatic nitrogens is 1. The van der Waals surface area contributed by atoms with Crippen LogP contribution in [0.25, 0.3) is 10.9 Å². The zero-order valence-corrected chi connectivity index (χ0v) is 9.02. The van der Waals surface area contributed by atoms with Crippen LogP contribution in [0, 0.1) is 6.92 Å². The van der Waals surface area contributed by atoms with Crippen LogP contribution in [0.2, 0.25) is 5.15 Å². The predicted molar refractivity (Wildman–Crippen MR) is 56.5 cm³/mol. The van der Waals surface area contributed by atoms with E-state index in [4.69, 9.17) is 11.6 Å². The molecule has 5 heteroatoms. The summed E-state index contributed by atoms with van der Waals surface area (Å²) in [6, 6.07) is 5.54. The number of pyridine rings is 1. The number of aryl methyl sites for hydroxylation is 1. The van der Waals surface area contributed by atoms with E-state index in [1.807, 2.05) is 0 Å². The van der Waals surface area contributed by atoms with Gasteiger partial charge in [0.2, 0.25) is 0 Å². The third-order valence-electron chi connectivity index (χ3n) is 2.24. The molecule has 2 aromatic rings. The number of nitrogens with zero attached hydrogens (tertiary/aromatic N) is 1. The molecule has 0 unspecified atom stereocenters. The van der Waals surface area contributed by atoms with Gasteiger partial charge in [-0.15, -0.1) is 0 Å². The Hall–Kier alpha value is -1.29. The number of benzene rings is 1. The molecule has 0 spiro atoms. The number of rotatable bonds is 0. The first kappa shape index (κ1) is 11.2. The van der Waals surface area contributed by atoms with Gasteiger partial charge in [-0.2, -0.15) is 13.2 Å². The van der Waals surface area contributed by atoms with Crippen LogP contribution in [-0.2, 0) is 6.18 Å². The Kier molecular flexibility index (Phi) is 2.54. The molecular weight excluding hydrogens is 239 g/mol. The first-order valence-electron chi connectivity index (χ1n) is 4.52. The molecule has 0 saturated heterocycles. The second kappa shape index (κ2) is 3.63. The van der Waals surface area contributed by atoms with Crippen molar-refractivity contribution < 1.29 is 13.2 Å². The van der Waals surface area contributed by atoms with Crippen LogP contribution in [0.3, 0.4) is 0 Å². The van der Waals surface area contributed by atoms with Gasteiger partial charge in [0, 0.05) is 5.39 Å². The average molecular weight is 246 g/mol. The monoisotopic (exact) mass is 245 g/mol. The summed E-state index contributed by atoms with van der Waals surface area (Å²) in [7, 11) is 0. The Morgan fingerprint density at radius 2 is 1.88 bits per heavy atom. The smallest absolute Gasteiger partial charge is 0.236 e. The normalized spacial score (nSPS) is 12.1. The average Bonchev–Trinajstić information content (AvgIpc) is 2.16. The van der Waals surface area contributed by atoms with Gasteiger partial charge in [0.25, 0.3) is 0 Å². The van der Waals surface area contributed by atoms with Gasteiger partial charge >= 0.3 is 6.18 Å². The second-order valence-electron chi connectivity index (χ2n) is 3.51. The lowest BCUT2D eigenvalue weighted by atomic mass is 10.1. The van der Waals surface area contributed by atoms with E-state index in [-0.39, 0.29) is 16.1 Å². The Morgan fingerprint density at radius 3 is 2.50 bits per heavy atom. The van der Waals surface area contributed by atoms with Gasteiger partial charge in [-0.1, -0.05) is 23.2 Å². The van der Waals surface area contributed by atoms with Crippen LogP contribution in [0.1, 0.15) is 11.1 Å². The maximum absolute atomic E-state index is 12.7. The van der Waals surface area contributed by atoms with Crippen molar-refractivity contribution in [3.05, 3.63) is 40.5 Å². The van der Waals surface area contributed by atoms with Gasteiger partial charge in [0.05, 0.1) is 11.1 Å². The SMILES string of the molecule is Cc1ccc2nc(Cl)cc(C(F)(F)F)c2c1. The summed E-state index contributed by atoms with van der Waals surface area (Å²) in [5.41, 5.74) is 0.263. The largest absolute Gasteiger partial charge is 0.417 e. The molecule has 0 saturated carbocycles. The third kappa shape index (κ3) is 1.97. The number of fused-ring (bicyclic) bond motifs is 1. The van der Waals surface area contributed by atoms with Gasteiger partial charge < -0.3 is 0 Å². The predicted octanol–water partition coefficient (Wildman–Crippen LogP) is 4.22. The van der Waals surface area contributed by atoms with Crippen molar-refractivity contribution in [1.29, 1.82) is 0 Å². The molecule has 0 atom stereocenters. The van der Waals surface area contributed by atoms with Crippen LogP contribution in [0.15, 0.2) is 24.3 Å². The number of alkyl halides is 3. The molecule has 0 aliphatic heterocycles.